The summed E-state index contributed by atoms with van der Waals surface area (Å²) in [6.45, 7) is 27.0. The minimum absolute atomic E-state index is 0.222. The van der Waals surface area contributed by atoms with E-state index in [0.29, 0.717) is 12.1 Å². The molecule has 0 aliphatic carbocycles. The molecule has 3 heterocycles. The van der Waals surface area contributed by atoms with Crippen molar-refractivity contribution in [2.75, 3.05) is 6.61 Å². The van der Waals surface area contributed by atoms with Gasteiger partial charge in [-0.3, -0.25) is 4.57 Å². The van der Waals surface area contributed by atoms with Crippen LogP contribution >= 0.6 is 0 Å². The Hall–Kier alpha value is -0.942. The smallest absolute Gasteiger partial charge is 0.184 e. The third kappa shape index (κ3) is 7.79. The summed E-state index contributed by atoms with van der Waals surface area (Å²) in [4.78, 5) is 9.38. The van der Waals surface area contributed by atoms with Gasteiger partial charge in [-0.15, -0.1) is 0 Å². The summed E-state index contributed by atoms with van der Waals surface area (Å²) in [6.07, 6.45) is 2.53. The van der Waals surface area contributed by atoms with Crippen LogP contribution < -0.4 is 5.49 Å². The van der Waals surface area contributed by atoms with Crippen LogP contribution in [0.15, 0.2) is 17.3 Å². The van der Waals surface area contributed by atoms with Crippen LogP contribution in [0.2, 0.25) is 78.6 Å². The van der Waals surface area contributed by atoms with Crippen LogP contribution in [0.1, 0.15) is 6.23 Å². The predicted octanol–water partition coefficient (Wildman–Crippen LogP) is 4.69. The van der Waals surface area contributed by atoms with Crippen LogP contribution in [0.25, 0.3) is 11.2 Å². The van der Waals surface area contributed by atoms with Crippen molar-refractivity contribution in [1.29, 1.82) is 0 Å². The third-order valence-corrected chi connectivity index (χ3v) is 9.20. The Bertz CT molecular complexity index is 1130. The molecule has 0 bridgehead atoms. The second-order valence-electron chi connectivity index (χ2n) is 13.7. The number of imidazole rings is 1. The molecule has 1 unspecified atom stereocenters. The van der Waals surface area contributed by atoms with E-state index in [9.17, 15) is 0 Å². The zero-order chi connectivity index (χ0) is 27.3. The monoisotopic (exact) mass is 569 g/mol. The second-order valence-corrected chi connectivity index (χ2v) is 31.7. The molecule has 0 aromatic carbocycles. The molecular formula is C23H47N5O4Si4. The van der Waals surface area contributed by atoms with E-state index in [0.717, 1.165) is 11.2 Å². The molecule has 2 aromatic heterocycles. The number of hydrogen-bond acceptors (Lipinski definition) is 7. The van der Waals surface area contributed by atoms with Gasteiger partial charge in [0.15, 0.2) is 44.9 Å². The number of ether oxygens (including phenoxy) is 1. The van der Waals surface area contributed by atoms with Gasteiger partial charge in [-0.25, -0.2) is 9.97 Å². The molecule has 1 saturated heterocycles. The predicted molar refractivity (Wildman–Crippen MR) is 155 cm³/mol. The zero-order valence-corrected chi connectivity index (χ0v) is 28.5. The molecule has 0 spiro atoms. The minimum Gasteiger partial charge on any atom is -0.415 e. The lowest BCUT2D eigenvalue weighted by molar-refractivity contribution is -0.0458. The van der Waals surface area contributed by atoms with E-state index in [1.165, 1.54) is 0 Å². The number of fused-ring (bicyclic) bond motifs is 1. The molecule has 13 heteroatoms. The van der Waals surface area contributed by atoms with Gasteiger partial charge in [0.25, 0.3) is 0 Å². The van der Waals surface area contributed by atoms with Crippen LogP contribution in [-0.2, 0) is 25.1 Å². The highest BCUT2D eigenvalue weighted by molar-refractivity contribution is 6.74. The quantitative estimate of drug-likeness (QED) is 0.407. The molecule has 1 fully saturated rings. The fraction of sp³-hybridized carbons (Fsp3) is 0.783. The summed E-state index contributed by atoms with van der Waals surface area (Å²) in [7, 11) is -5.38. The fourth-order valence-corrected chi connectivity index (χ4v) is 7.82. The number of aryl methyl sites for hydroxylation is 1. The standard InChI is InChI=1S/C23H47N5O4Si4/c1-27-15-25-21(26-33(2,3)4)18-22(27)28(16-24-18)23-20(32-36(11,12)13)19(31-35(8,9)10)17(30-23)14-29-34(5,6)7/h15-17,19-20,23H,14H2,1-13H3/b26-21+/t17-,19-,20-,23?/m0/s1. The first kappa shape index (κ1) is 29.6. The van der Waals surface area contributed by atoms with Gasteiger partial charge in [-0.05, 0) is 78.6 Å². The molecule has 204 valence electrons. The van der Waals surface area contributed by atoms with Gasteiger partial charge >= 0.3 is 0 Å². The van der Waals surface area contributed by atoms with Crippen molar-refractivity contribution >= 4 is 44.4 Å². The first-order valence-electron chi connectivity index (χ1n) is 12.8. The van der Waals surface area contributed by atoms with E-state index in [-0.39, 0.29) is 18.3 Å². The maximum absolute atomic E-state index is 6.83. The van der Waals surface area contributed by atoms with E-state index >= 15 is 0 Å². The normalized spacial score (nSPS) is 24.8. The summed E-state index contributed by atoms with van der Waals surface area (Å²) in [6, 6.07) is 0. The highest BCUT2D eigenvalue weighted by Crippen LogP contribution is 2.38. The van der Waals surface area contributed by atoms with E-state index in [1.807, 2.05) is 24.3 Å². The molecule has 0 N–H and O–H groups in total. The fourth-order valence-electron chi connectivity index (χ4n) is 4.19. The lowest BCUT2D eigenvalue weighted by atomic mass is 10.1. The average molecular weight is 570 g/mol. The van der Waals surface area contributed by atoms with Crippen molar-refractivity contribution in [2.24, 2.45) is 11.7 Å². The Morgan fingerprint density at radius 1 is 0.833 bits per heavy atom. The van der Waals surface area contributed by atoms with Crippen molar-refractivity contribution in [3.8, 4) is 0 Å². The van der Waals surface area contributed by atoms with E-state index in [4.69, 9.17) is 27.7 Å². The van der Waals surface area contributed by atoms with Gasteiger partial charge in [0, 0.05) is 7.05 Å². The van der Waals surface area contributed by atoms with Gasteiger partial charge in [0.05, 0.1) is 19.3 Å². The van der Waals surface area contributed by atoms with Crippen molar-refractivity contribution in [2.45, 2.75) is 103 Å². The number of hydrogen-bond donors (Lipinski definition) is 0. The molecule has 9 nitrogen and oxygen atoms in total. The zero-order valence-electron chi connectivity index (χ0n) is 24.5. The van der Waals surface area contributed by atoms with Crippen LogP contribution in [0.4, 0.5) is 0 Å². The van der Waals surface area contributed by atoms with E-state index in [2.05, 4.69) is 88.1 Å². The number of rotatable bonds is 9. The third-order valence-electron chi connectivity index (χ3n) is 5.33. The van der Waals surface area contributed by atoms with Crippen molar-refractivity contribution in [3.05, 3.63) is 18.1 Å². The molecule has 1 aliphatic rings. The van der Waals surface area contributed by atoms with Gasteiger partial charge < -0.3 is 27.2 Å². The lowest BCUT2D eigenvalue weighted by Gasteiger charge is -2.34. The highest BCUT2D eigenvalue weighted by atomic mass is 28.4. The van der Waals surface area contributed by atoms with Crippen molar-refractivity contribution in [3.63, 3.8) is 0 Å². The largest absolute Gasteiger partial charge is 0.415 e. The molecule has 36 heavy (non-hydrogen) atoms. The van der Waals surface area contributed by atoms with Gasteiger partial charge in [0.1, 0.15) is 29.5 Å². The first-order chi connectivity index (χ1) is 16.2. The van der Waals surface area contributed by atoms with Crippen LogP contribution in [-0.4, -0.2) is 77.2 Å². The Balaban J connectivity index is 2.15. The summed E-state index contributed by atoms with van der Waals surface area (Å²) in [5.74, 6) is 0. The van der Waals surface area contributed by atoms with E-state index < -0.39 is 39.4 Å². The van der Waals surface area contributed by atoms with Crippen molar-refractivity contribution in [1.82, 2.24) is 19.1 Å². The molecule has 3 rings (SSSR count). The summed E-state index contributed by atoms with van der Waals surface area (Å²) in [5.41, 5.74) is 2.38. The van der Waals surface area contributed by atoms with Crippen LogP contribution in [0.5, 0.6) is 0 Å². The molecule has 0 radical (unpaired) electrons. The molecule has 0 amide bonds. The summed E-state index contributed by atoms with van der Waals surface area (Å²) >= 11 is 0. The van der Waals surface area contributed by atoms with Gasteiger partial charge in [-0.2, -0.15) is 0 Å². The maximum Gasteiger partial charge on any atom is 0.184 e. The first-order valence-corrected chi connectivity index (χ1v) is 26.5. The average Bonchev–Trinajstić information content (AvgIpc) is 3.22. The van der Waals surface area contributed by atoms with Crippen LogP contribution in [0.3, 0.4) is 0 Å². The van der Waals surface area contributed by atoms with Crippen molar-refractivity contribution < 1.29 is 18.0 Å². The second kappa shape index (κ2) is 10.3. The Morgan fingerprint density at radius 2 is 1.42 bits per heavy atom. The molecule has 0 saturated carbocycles. The molecule has 2 aromatic rings. The SMILES string of the molecule is Cn1cn/c(=N/[Si](C)(C)C)c2ncn(C3O[C@@H](CO[Si](C)(C)C)[C@H](O[Si](C)(C)C)[C@@H]3O[Si](C)(C)C)c21. The van der Waals surface area contributed by atoms with E-state index in [1.54, 1.807) is 0 Å². The Kier molecular flexibility index (Phi) is 8.49. The molecule has 4 atom stereocenters. The minimum atomic E-state index is -1.95. The van der Waals surface area contributed by atoms with Crippen LogP contribution in [0, 0.1) is 0 Å². The lowest BCUT2D eigenvalue weighted by Crippen LogP contribution is -2.48. The Labute approximate surface area is 220 Å². The highest BCUT2D eigenvalue weighted by Gasteiger charge is 2.50. The number of nitrogens with zero attached hydrogens (tertiary/aromatic N) is 5. The van der Waals surface area contributed by atoms with Gasteiger partial charge in [-0.1, -0.05) is 0 Å². The van der Waals surface area contributed by atoms with Gasteiger partial charge in [0.2, 0.25) is 0 Å². The number of aromatic nitrogens is 4. The maximum atomic E-state index is 6.83. The topological polar surface area (TPSA) is 84.9 Å². The Morgan fingerprint density at radius 3 is 1.94 bits per heavy atom. The molecule has 1 aliphatic heterocycles. The molecular weight excluding hydrogens is 523 g/mol. The summed E-state index contributed by atoms with van der Waals surface area (Å²) < 4.78 is 35.8. The summed E-state index contributed by atoms with van der Waals surface area (Å²) in [5, 5.41) is 0.